The first-order valence-electron chi connectivity index (χ1n) is 8.86. The molecule has 4 fully saturated rings. The Hall–Kier alpha value is -0.840. The maximum Gasteiger partial charge on any atom is 0.148 e. The molecule has 4 nitrogen and oxygen atoms in total. The molecule has 0 aromatic carbocycles. The van der Waals surface area contributed by atoms with Gasteiger partial charge >= 0.3 is 0 Å². The zero-order valence-corrected chi connectivity index (χ0v) is 13.2. The lowest BCUT2D eigenvalue weighted by molar-refractivity contribution is -0.150. The maximum atomic E-state index is 11.3. The number of aliphatic hydroxyl groups is 1. The van der Waals surface area contributed by atoms with Crippen LogP contribution < -0.4 is 0 Å². The second-order valence-electron chi connectivity index (χ2n) is 7.37. The minimum absolute atomic E-state index is 0.264. The molecule has 122 valence electrons. The quantitative estimate of drug-likeness (QED) is 0.908. The fourth-order valence-corrected chi connectivity index (χ4v) is 4.65. The average Bonchev–Trinajstić information content (AvgIpc) is 3.27. The van der Waals surface area contributed by atoms with Gasteiger partial charge in [0.05, 0.1) is 19.0 Å². The molecule has 0 amide bonds. The molecule has 3 aliphatic heterocycles. The number of nitrogens with zero attached hydrogens (tertiary/aromatic N) is 1. The van der Waals surface area contributed by atoms with Gasteiger partial charge in [0, 0.05) is 6.54 Å². The highest BCUT2D eigenvalue weighted by molar-refractivity contribution is 5.12. The molecule has 22 heavy (non-hydrogen) atoms. The van der Waals surface area contributed by atoms with Crippen molar-refractivity contribution in [2.24, 2.45) is 11.8 Å². The predicted molar refractivity (Wildman–Crippen MR) is 83.5 cm³/mol. The summed E-state index contributed by atoms with van der Waals surface area (Å²) in [4.78, 5) is 2.49. The van der Waals surface area contributed by atoms with Crippen molar-refractivity contribution < 1.29 is 14.3 Å². The topological polar surface area (TPSA) is 45.8 Å². The monoisotopic (exact) mass is 305 g/mol. The normalized spacial score (nSPS) is 34.9. The Kier molecular flexibility index (Phi) is 4.01. The highest BCUT2D eigenvalue weighted by Crippen LogP contribution is 2.42. The standard InChI is InChI=1S/C18H27NO3/c20-18(15-4-1-2-5-15,17-6-3-11-21-17)13-22-16-12-19-9-7-14(16)8-10-19/h3,6,11,14-16,20H,1-2,4-5,7-10,12-13H2/t16?,18-/m0/s1. The summed E-state index contributed by atoms with van der Waals surface area (Å²) >= 11 is 0. The van der Waals surface area contributed by atoms with Crippen LogP contribution in [0.4, 0.5) is 0 Å². The third-order valence-electron chi connectivity index (χ3n) is 6.09. The summed E-state index contributed by atoms with van der Waals surface area (Å²) in [7, 11) is 0. The number of piperidine rings is 3. The molecular weight excluding hydrogens is 278 g/mol. The van der Waals surface area contributed by atoms with Crippen molar-refractivity contribution in [1.29, 1.82) is 0 Å². The molecule has 1 aromatic rings. The summed E-state index contributed by atoms with van der Waals surface area (Å²) in [6.07, 6.45) is 8.97. The van der Waals surface area contributed by atoms with Gasteiger partial charge in [-0.1, -0.05) is 12.8 Å². The van der Waals surface area contributed by atoms with E-state index in [2.05, 4.69) is 4.90 Å². The molecule has 2 atom stereocenters. The summed E-state index contributed by atoms with van der Waals surface area (Å²) in [6.45, 7) is 3.84. The van der Waals surface area contributed by atoms with Gasteiger partial charge in [-0.05, 0) is 62.7 Å². The number of rotatable bonds is 5. The van der Waals surface area contributed by atoms with Crippen LogP contribution in [-0.4, -0.2) is 42.4 Å². The van der Waals surface area contributed by atoms with Gasteiger partial charge < -0.3 is 19.2 Å². The van der Waals surface area contributed by atoms with E-state index >= 15 is 0 Å². The molecular formula is C18H27NO3. The number of hydrogen-bond acceptors (Lipinski definition) is 4. The minimum atomic E-state index is -0.952. The zero-order valence-electron chi connectivity index (χ0n) is 13.2. The number of ether oxygens (including phenoxy) is 1. The van der Waals surface area contributed by atoms with Crippen LogP contribution in [0, 0.1) is 11.8 Å². The number of fused-ring (bicyclic) bond motifs is 3. The van der Waals surface area contributed by atoms with Crippen LogP contribution in [0.25, 0.3) is 0 Å². The Bertz CT molecular complexity index is 475. The van der Waals surface area contributed by atoms with Gasteiger partial charge in [-0.2, -0.15) is 0 Å². The van der Waals surface area contributed by atoms with E-state index in [4.69, 9.17) is 9.15 Å². The first kappa shape index (κ1) is 14.7. The van der Waals surface area contributed by atoms with Crippen molar-refractivity contribution in [3.05, 3.63) is 24.2 Å². The highest BCUT2D eigenvalue weighted by atomic mass is 16.5. The molecule has 0 spiro atoms. The third-order valence-corrected chi connectivity index (χ3v) is 6.09. The van der Waals surface area contributed by atoms with Crippen molar-refractivity contribution in [2.45, 2.75) is 50.2 Å². The van der Waals surface area contributed by atoms with Gasteiger partial charge in [0.15, 0.2) is 0 Å². The van der Waals surface area contributed by atoms with E-state index in [0.717, 1.165) is 19.4 Å². The lowest BCUT2D eigenvalue weighted by Gasteiger charge is -2.45. The maximum absolute atomic E-state index is 11.3. The Balaban J connectivity index is 1.47. The molecule has 5 rings (SSSR count). The fraction of sp³-hybridized carbons (Fsp3) is 0.778. The smallest absolute Gasteiger partial charge is 0.148 e. The van der Waals surface area contributed by atoms with E-state index < -0.39 is 5.60 Å². The van der Waals surface area contributed by atoms with E-state index in [-0.39, 0.29) is 12.0 Å². The molecule has 1 saturated carbocycles. The first-order valence-corrected chi connectivity index (χ1v) is 8.86. The van der Waals surface area contributed by atoms with Gasteiger partial charge in [-0.25, -0.2) is 0 Å². The zero-order chi connectivity index (χ0) is 15.0. The van der Waals surface area contributed by atoms with Crippen molar-refractivity contribution >= 4 is 0 Å². The fourth-order valence-electron chi connectivity index (χ4n) is 4.65. The third kappa shape index (κ3) is 2.61. The minimum Gasteiger partial charge on any atom is -0.466 e. The van der Waals surface area contributed by atoms with Crippen molar-refractivity contribution in [2.75, 3.05) is 26.2 Å². The Morgan fingerprint density at radius 3 is 2.59 bits per heavy atom. The van der Waals surface area contributed by atoms with E-state index in [9.17, 15) is 5.11 Å². The Morgan fingerprint density at radius 1 is 1.23 bits per heavy atom. The Labute approximate surface area is 132 Å². The van der Waals surface area contributed by atoms with Gasteiger partial charge in [-0.15, -0.1) is 0 Å². The van der Waals surface area contributed by atoms with E-state index in [1.165, 1.54) is 38.8 Å². The van der Waals surface area contributed by atoms with Crippen LogP contribution in [0.3, 0.4) is 0 Å². The van der Waals surface area contributed by atoms with Gasteiger partial charge in [-0.3, -0.25) is 0 Å². The predicted octanol–water partition coefficient (Wildman–Crippen LogP) is 2.77. The van der Waals surface area contributed by atoms with Gasteiger partial charge in [0.1, 0.15) is 11.4 Å². The molecule has 1 aromatic heterocycles. The number of furan rings is 1. The highest BCUT2D eigenvalue weighted by Gasteiger charge is 2.44. The van der Waals surface area contributed by atoms with Crippen LogP contribution in [0.15, 0.2) is 22.8 Å². The van der Waals surface area contributed by atoms with E-state index in [0.29, 0.717) is 18.3 Å². The summed E-state index contributed by atoms with van der Waals surface area (Å²) in [5, 5.41) is 11.3. The molecule has 1 N–H and O–H groups in total. The van der Waals surface area contributed by atoms with E-state index in [1.54, 1.807) is 6.26 Å². The van der Waals surface area contributed by atoms with Crippen LogP contribution >= 0.6 is 0 Å². The van der Waals surface area contributed by atoms with Crippen molar-refractivity contribution in [3.63, 3.8) is 0 Å². The molecule has 1 unspecified atom stereocenters. The lowest BCUT2D eigenvalue weighted by atomic mass is 9.83. The molecule has 1 aliphatic carbocycles. The summed E-state index contributed by atoms with van der Waals surface area (Å²) in [5.41, 5.74) is -0.952. The summed E-state index contributed by atoms with van der Waals surface area (Å²) < 4.78 is 11.8. The molecule has 3 saturated heterocycles. The molecule has 0 radical (unpaired) electrons. The second-order valence-corrected chi connectivity index (χ2v) is 7.37. The summed E-state index contributed by atoms with van der Waals surface area (Å²) in [5.74, 6) is 1.62. The van der Waals surface area contributed by atoms with Crippen molar-refractivity contribution in [1.82, 2.24) is 4.90 Å². The molecule has 4 heterocycles. The van der Waals surface area contributed by atoms with Crippen molar-refractivity contribution in [3.8, 4) is 0 Å². The van der Waals surface area contributed by atoms with Crippen LogP contribution in [0.2, 0.25) is 0 Å². The van der Waals surface area contributed by atoms with E-state index in [1.807, 2.05) is 12.1 Å². The first-order chi connectivity index (χ1) is 10.8. The summed E-state index contributed by atoms with van der Waals surface area (Å²) in [6, 6.07) is 3.77. The van der Waals surface area contributed by atoms with Crippen LogP contribution in [0.5, 0.6) is 0 Å². The SMILES string of the molecule is O[C@](COC1CN2CCC1CC2)(c1ccco1)C1CCCC1. The average molecular weight is 305 g/mol. The molecule has 2 bridgehead atoms. The van der Waals surface area contributed by atoms with Crippen LogP contribution in [0.1, 0.15) is 44.3 Å². The molecule has 4 heteroatoms. The van der Waals surface area contributed by atoms with Gasteiger partial charge in [0.2, 0.25) is 0 Å². The largest absolute Gasteiger partial charge is 0.466 e. The Morgan fingerprint density at radius 2 is 2.00 bits per heavy atom. The number of hydrogen-bond donors (Lipinski definition) is 1. The van der Waals surface area contributed by atoms with Gasteiger partial charge in [0.25, 0.3) is 0 Å². The lowest BCUT2D eigenvalue weighted by Crippen LogP contribution is -2.52. The second kappa shape index (κ2) is 5.99. The molecule has 4 aliphatic rings. The van der Waals surface area contributed by atoms with Crippen LogP contribution in [-0.2, 0) is 10.3 Å².